The molecule has 2 N–H and O–H groups in total. The van der Waals surface area contributed by atoms with Gasteiger partial charge in [-0.2, -0.15) is 0 Å². The predicted octanol–water partition coefficient (Wildman–Crippen LogP) is 0.289. The van der Waals surface area contributed by atoms with Gasteiger partial charge in [-0.1, -0.05) is 0 Å². The molecule has 0 atom stereocenters. The van der Waals surface area contributed by atoms with Gasteiger partial charge in [-0.3, -0.25) is 0 Å². The maximum Gasteiger partial charge on any atom is 0.341 e. The molecular formula is C11H16N2O4. The molecule has 0 unspecified atom stereocenters. The number of pyridine rings is 1. The highest BCUT2D eigenvalue weighted by Gasteiger charge is 2.11. The van der Waals surface area contributed by atoms with E-state index in [4.69, 9.17) is 9.84 Å². The standard InChI is InChI=1S/C11H16N2O4/c1-16-11(15)9-3-2-4-12-10(9)13-5-7-17-8-6-14/h2-4,14H,5-8H2,1H3,(H,12,13). The molecule has 1 aromatic heterocycles. The monoisotopic (exact) mass is 240 g/mol. The number of carbonyl (C=O) groups excluding carboxylic acids is 1. The number of methoxy groups -OCH3 is 1. The Bertz CT molecular complexity index is 357. The van der Waals surface area contributed by atoms with Crippen molar-refractivity contribution in [3.8, 4) is 0 Å². The van der Waals surface area contributed by atoms with Crippen LogP contribution >= 0.6 is 0 Å². The second-order valence-electron chi connectivity index (χ2n) is 3.15. The molecule has 0 saturated heterocycles. The van der Waals surface area contributed by atoms with E-state index in [1.54, 1.807) is 18.3 Å². The van der Waals surface area contributed by atoms with Gasteiger partial charge < -0.3 is 19.9 Å². The van der Waals surface area contributed by atoms with Gasteiger partial charge in [0, 0.05) is 12.7 Å². The minimum Gasteiger partial charge on any atom is -0.465 e. The smallest absolute Gasteiger partial charge is 0.341 e. The largest absolute Gasteiger partial charge is 0.465 e. The third-order valence-corrected chi connectivity index (χ3v) is 1.99. The Morgan fingerprint density at radius 3 is 3.06 bits per heavy atom. The van der Waals surface area contributed by atoms with E-state index in [9.17, 15) is 4.79 Å². The number of aromatic nitrogens is 1. The fourth-order valence-corrected chi connectivity index (χ4v) is 1.23. The predicted molar refractivity (Wildman–Crippen MR) is 62.0 cm³/mol. The summed E-state index contributed by atoms with van der Waals surface area (Å²) in [6.45, 7) is 1.23. The van der Waals surface area contributed by atoms with E-state index in [-0.39, 0.29) is 6.61 Å². The van der Waals surface area contributed by atoms with Crippen LogP contribution in [0.3, 0.4) is 0 Å². The summed E-state index contributed by atoms with van der Waals surface area (Å²) in [5.41, 5.74) is 0.386. The average Bonchev–Trinajstić information content (AvgIpc) is 2.38. The number of nitrogens with zero attached hydrogens (tertiary/aromatic N) is 1. The molecule has 0 spiro atoms. The molecule has 6 heteroatoms. The zero-order chi connectivity index (χ0) is 12.5. The van der Waals surface area contributed by atoms with Crippen LogP contribution in [0.15, 0.2) is 18.3 Å². The van der Waals surface area contributed by atoms with E-state index in [1.807, 2.05) is 0 Å². The molecule has 94 valence electrons. The van der Waals surface area contributed by atoms with Crippen LogP contribution in [-0.4, -0.2) is 49.5 Å². The first-order valence-electron chi connectivity index (χ1n) is 5.25. The van der Waals surface area contributed by atoms with Crippen molar-refractivity contribution in [3.63, 3.8) is 0 Å². The highest BCUT2D eigenvalue weighted by molar-refractivity contribution is 5.94. The zero-order valence-electron chi connectivity index (χ0n) is 9.68. The molecule has 0 aliphatic heterocycles. The average molecular weight is 240 g/mol. The van der Waals surface area contributed by atoms with Crippen LogP contribution in [0, 0.1) is 0 Å². The van der Waals surface area contributed by atoms with Gasteiger partial charge in [0.2, 0.25) is 0 Å². The maximum absolute atomic E-state index is 11.4. The molecule has 0 radical (unpaired) electrons. The lowest BCUT2D eigenvalue weighted by atomic mass is 10.2. The minimum absolute atomic E-state index is 0.00298. The molecule has 0 aromatic carbocycles. The molecule has 0 aliphatic carbocycles. The Hall–Kier alpha value is -1.66. The van der Waals surface area contributed by atoms with Gasteiger partial charge in [-0.05, 0) is 12.1 Å². The topological polar surface area (TPSA) is 80.7 Å². The fourth-order valence-electron chi connectivity index (χ4n) is 1.23. The molecular weight excluding hydrogens is 224 g/mol. The van der Waals surface area contributed by atoms with Gasteiger partial charge in [0.1, 0.15) is 11.4 Å². The highest BCUT2D eigenvalue weighted by atomic mass is 16.5. The van der Waals surface area contributed by atoms with Crippen molar-refractivity contribution in [2.75, 3.05) is 38.8 Å². The zero-order valence-corrected chi connectivity index (χ0v) is 9.68. The van der Waals surface area contributed by atoms with E-state index in [1.165, 1.54) is 7.11 Å². The van der Waals surface area contributed by atoms with Crippen molar-refractivity contribution in [1.82, 2.24) is 4.98 Å². The van der Waals surface area contributed by atoms with Gasteiger partial charge in [0.05, 0.1) is 26.9 Å². The molecule has 0 bridgehead atoms. The van der Waals surface area contributed by atoms with Gasteiger partial charge in [-0.15, -0.1) is 0 Å². The first-order chi connectivity index (χ1) is 8.29. The minimum atomic E-state index is -0.433. The lowest BCUT2D eigenvalue weighted by Gasteiger charge is -2.09. The summed E-state index contributed by atoms with van der Waals surface area (Å²) in [6, 6.07) is 3.30. The number of aliphatic hydroxyl groups excluding tert-OH is 1. The number of esters is 1. The maximum atomic E-state index is 11.4. The molecule has 0 aliphatic rings. The molecule has 1 aromatic rings. The quantitative estimate of drug-likeness (QED) is 0.526. The summed E-state index contributed by atoms with van der Waals surface area (Å²) in [5.74, 6) is 0.0313. The second kappa shape index (κ2) is 7.59. The Morgan fingerprint density at radius 2 is 2.35 bits per heavy atom. The number of hydrogen-bond acceptors (Lipinski definition) is 6. The van der Waals surface area contributed by atoms with Crippen molar-refractivity contribution >= 4 is 11.8 Å². The van der Waals surface area contributed by atoms with Crippen molar-refractivity contribution < 1.29 is 19.4 Å². The van der Waals surface area contributed by atoms with Gasteiger partial charge in [0.15, 0.2) is 0 Å². The summed E-state index contributed by atoms with van der Waals surface area (Å²) >= 11 is 0. The van der Waals surface area contributed by atoms with E-state index >= 15 is 0 Å². The van der Waals surface area contributed by atoms with Gasteiger partial charge in [-0.25, -0.2) is 9.78 Å². The van der Waals surface area contributed by atoms with Crippen molar-refractivity contribution in [3.05, 3.63) is 23.9 Å². The van der Waals surface area contributed by atoms with Gasteiger partial charge >= 0.3 is 5.97 Å². The molecule has 1 rings (SSSR count). The Balaban J connectivity index is 2.49. The Labute approximate surface area is 99.6 Å². The molecule has 17 heavy (non-hydrogen) atoms. The van der Waals surface area contributed by atoms with Crippen molar-refractivity contribution in [2.24, 2.45) is 0 Å². The summed E-state index contributed by atoms with van der Waals surface area (Å²) in [7, 11) is 1.32. The van der Waals surface area contributed by atoms with E-state index < -0.39 is 5.97 Å². The molecule has 0 amide bonds. The van der Waals surface area contributed by atoms with Crippen LogP contribution in [0.5, 0.6) is 0 Å². The normalized spacial score (nSPS) is 10.0. The van der Waals surface area contributed by atoms with Crippen molar-refractivity contribution in [1.29, 1.82) is 0 Å². The third-order valence-electron chi connectivity index (χ3n) is 1.99. The highest BCUT2D eigenvalue weighted by Crippen LogP contribution is 2.11. The molecule has 1 heterocycles. The number of hydrogen-bond donors (Lipinski definition) is 2. The SMILES string of the molecule is COC(=O)c1cccnc1NCCOCCO. The Morgan fingerprint density at radius 1 is 1.53 bits per heavy atom. The first kappa shape index (κ1) is 13.4. The van der Waals surface area contributed by atoms with Crippen molar-refractivity contribution in [2.45, 2.75) is 0 Å². The lowest BCUT2D eigenvalue weighted by Crippen LogP contribution is -2.15. The number of nitrogens with one attached hydrogen (secondary N) is 1. The Kier molecular flexibility index (Phi) is 5.98. The number of aliphatic hydroxyl groups is 1. The van der Waals surface area contributed by atoms with E-state index in [0.29, 0.717) is 31.1 Å². The van der Waals surface area contributed by atoms with Crippen LogP contribution in [-0.2, 0) is 9.47 Å². The first-order valence-corrected chi connectivity index (χ1v) is 5.25. The van der Waals surface area contributed by atoms with Crippen LogP contribution in [0.25, 0.3) is 0 Å². The third kappa shape index (κ3) is 4.38. The molecule has 6 nitrogen and oxygen atoms in total. The lowest BCUT2D eigenvalue weighted by molar-refractivity contribution is 0.0601. The van der Waals surface area contributed by atoms with E-state index in [2.05, 4.69) is 15.0 Å². The van der Waals surface area contributed by atoms with Crippen LogP contribution < -0.4 is 5.32 Å². The number of ether oxygens (including phenoxy) is 2. The summed E-state index contributed by atoms with van der Waals surface area (Å²) < 4.78 is 9.71. The summed E-state index contributed by atoms with van der Waals surface area (Å²) in [6.07, 6.45) is 1.59. The summed E-state index contributed by atoms with van der Waals surface area (Å²) in [5, 5.41) is 11.5. The fraction of sp³-hybridized carbons (Fsp3) is 0.455. The second-order valence-corrected chi connectivity index (χ2v) is 3.15. The van der Waals surface area contributed by atoms with Crippen LogP contribution in [0.1, 0.15) is 10.4 Å². The van der Waals surface area contributed by atoms with E-state index in [0.717, 1.165) is 0 Å². The molecule has 0 fully saturated rings. The van der Waals surface area contributed by atoms with Gasteiger partial charge in [0.25, 0.3) is 0 Å². The number of anilines is 1. The molecule has 0 saturated carbocycles. The summed E-state index contributed by atoms with van der Waals surface area (Å²) in [4.78, 5) is 15.5. The van der Waals surface area contributed by atoms with Crippen LogP contribution in [0.2, 0.25) is 0 Å². The van der Waals surface area contributed by atoms with Crippen LogP contribution in [0.4, 0.5) is 5.82 Å². The number of rotatable bonds is 7. The number of carbonyl (C=O) groups is 1.